The van der Waals surface area contributed by atoms with E-state index in [2.05, 4.69) is 16.6 Å². The minimum absolute atomic E-state index is 0.163. The normalized spacial score (nSPS) is 20.3. The van der Waals surface area contributed by atoms with Gasteiger partial charge < -0.3 is 24.8 Å². The fourth-order valence-electron chi connectivity index (χ4n) is 2.32. The molecule has 0 aromatic heterocycles. The number of nitrogens with one attached hydrogen (secondary N) is 2. The van der Waals surface area contributed by atoms with Gasteiger partial charge in [-0.2, -0.15) is 0 Å². The Morgan fingerprint density at radius 3 is 2.70 bits per heavy atom. The SMILES string of the molecule is C#CCNC(=O)[C@@H](Nc1ccc(OC)cc1)C1COC(C)(C)O1. The highest BCUT2D eigenvalue weighted by Crippen LogP contribution is 2.26. The number of carbonyl (C=O) groups is 1. The summed E-state index contributed by atoms with van der Waals surface area (Å²) >= 11 is 0. The zero-order valence-corrected chi connectivity index (χ0v) is 13.6. The van der Waals surface area contributed by atoms with E-state index in [1.807, 2.05) is 38.1 Å². The van der Waals surface area contributed by atoms with E-state index in [-0.39, 0.29) is 12.5 Å². The molecule has 23 heavy (non-hydrogen) atoms. The highest BCUT2D eigenvalue weighted by Gasteiger charge is 2.40. The first-order chi connectivity index (χ1) is 10.9. The quantitative estimate of drug-likeness (QED) is 0.776. The maximum Gasteiger partial charge on any atom is 0.246 e. The lowest BCUT2D eigenvalue weighted by Crippen LogP contribution is -2.48. The monoisotopic (exact) mass is 318 g/mol. The minimum Gasteiger partial charge on any atom is -0.497 e. The molecule has 1 amide bonds. The maximum atomic E-state index is 12.4. The third kappa shape index (κ3) is 4.62. The summed E-state index contributed by atoms with van der Waals surface area (Å²) in [7, 11) is 1.60. The Labute approximate surface area is 136 Å². The number of anilines is 1. The molecule has 0 spiro atoms. The molecule has 0 aliphatic carbocycles. The number of benzene rings is 1. The largest absolute Gasteiger partial charge is 0.497 e. The smallest absolute Gasteiger partial charge is 0.246 e. The van der Waals surface area contributed by atoms with Crippen molar-refractivity contribution >= 4 is 11.6 Å². The standard InChI is InChI=1S/C17H22N2O4/c1-5-10-18-16(20)15(14-11-22-17(2,3)23-14)19-12-6-8-13(21-4)9-7-12/h1,6-9,14-15,19H,10-11H2,2-4H3,(H,18,20)/t14?,15-/m0/s1. The molecule has 1 saturated heterocycles. The Morgan fingerprint density at radius 2 is 2.17 bits per heavy atom. The summed E-state index contributed by atoms with van der Waals surface area (Å²) in [6, 6.07) is 6.68. The van der Waals surface area contributed by atoms with Crippen molar-refractivity contribution in [3.8, 4) is 18.1 Å². The van der Waals surface area contributed by atoms with Crippen LogP contribution >= 0.6 is 0 Å². The molecule has 0 saturated carbocycles. The van der Waals surface area contributed by atoms with Gasteiger partial charge in [-0.15, -0.1) is 6.42 Å². The highest BCUT2D eigenvalue weighted by molar-refractivity contribution is 5.85. The second kappa shape index (κ2) is 7.36. The second-order valence-corrected chi connectivity index (χ2v) is 5.64. The van der Waals surface area contributed by atoms with Gasteiger partial charge in [-0.05, 0) is 38.1 Å². The molecule has 2 atom stereocenters. The predicted octanol–water partition coefficient (Wildman–Crippen LogP) is 1.38. The predicted molar refractivity (Wildman–Crippen MR) is 87.2 cm³/mol. The Bertz CT molecular complexity index is 577. The molecule has 1 aliphatic rings. The van der Waals surface area contributed by atoms with E-state index < -0.39 is 17.9 Å². The van der Waals surface area contributed by atoms with Crippen LogP contribution < -0.4 is 15.4 Å². The van der Waals surface area contributed by atoms with E-state index in [0.29, 0.717) is 6.61 Å². The summed E-state index contributed by atoms with van der Waals surface area (Å²) < 4.78 is 16.5. The first kappa shape index (κ1) is 17.1. The van der Waals surface area contributed by atoms with Crippen LogP contribution in [-0.2, 0) is 14.3 Å². The van der Waals surface area contributed by atoms with E-state index in [0.717, 1.165) is 11.4 Å². The number of methoxy groups -OCH3 is 1. The maximum absolute atomic E-state index is 12.4. The lowest BCUT2D eigenvalue weighted by molar-refractivity contribution is -0.144. The van der Waals surface area contributed by atoms with Crippen molar-refractivity contribution in [1.82, 2.24) is 5.32 Å². The van der Waals surface area contributed by atoms with Gasteiger partial charge in [-0.25, -0.2) is 0 Å². The molecule has 0 bridgehead atoms. The molecule has 2 rings (SSSR count). The van der Waals surface area contributed by atoms with Gasteiger partial charge in [0.2, 0.25) is 5.91 Å². The summed E-state index contributed by atoms with van der Waals surface area (Å²) in [5.41, 5.74) is 0.778. The lowest BCUT2D eigenvalue weighted by atomic mass is 10.1. The third-order valence-electron chi connectivity index (χ3n) is 3.46. The van der Waals surface area contributed by atoms with Crippen LogP contribution in [0, 0.1) is 12.3 Å². The fraction of sp³-hybridized carbons (Fsp3) is 0.471. The van der Waals surface area contributed by atoms with Gasteiger partial charge in [-0.3, -0.25) is 4.79 Å². The first-order valence-electron chi connectivity index (χ1n) is 7.39. The summed E-state index contributed by atoms with van der Waals surface area (Å²) in [6.07, 6.45) is 4.79. The molecule has 1 aliphatic heterocycles. The second-order valence-electron chi connectivity index (χ2n) is 5.64. The molecule has 0 radical (unpaired) electrons. The number of ether oxygens (including phenoxy) is 3. The Balaban J connectivity index is 2.12. The van der Waals surface area contributed by atoms with Crippen LogP contribution in [0.4, 0.5) is 5.69 Å². The van der Waals surface area contributed by atoms with Crippen molar-refractivity contribution in [1.29, 1.82) is 0 Å². The van der Waals surface area contributed by atoms with Crippen molar-refractivity contribution < 1.29 is 19.0 Å². The average molecular weight is 318 g/mol. The van der Waals surface area contributed by atoms with Gasteiger partial charge in [0.25, 0.3) is 0 Å². The van der Waals surface area contributed by atoms with Crippen LogP contribution in [0.5, 0.6) is 5.75 Å². The highest BCUT2D eigenvalue weighted by atomic mass is 16.7. The summed E-state index contributed by atoms with van der Waals surface area (Å²) in [6.45, 7) is 4.12. The number of carbonyl (C=O) groups excluding carboxylic acids is 1. The Morgan fingerprint density at radius 1 is 1.48 bits per heavy atom. The summed E-state index contributed by atoms with van der Waals surface area (Å²) in [5, 5.41) is 5.86. The van der Waals surface area contributed by atoms with Crippen molar-refractivity contribution in [2.75, 3.05) is 25.6 Å². The van der Waals surface area contributed by atoms with Crippen molar-refractivity contribution in [3.63, 3.8) is 0 Å². The van der Waals surface area contributed by atoms with Crippen LogP contribution in [-0.4, -0.2) is 44.1 Å². The molecule has 2 N–H and O–H groups in total. The number of amides is 1. The number of hydrogen-bond acceptors (Lipinski definition) is 5. The van der Waals surface area contributed by atoms with Crippen molar-refractivity contribution in [2.24, 2.45) is 0 Å². The molecule has 1 aromatic carbocycles. The topological polar surface area (TPSA) is 68.8 Å². The van der Waals surface area contributed by atoms with Gasteiger partial charge >= 0.3 is 0 Å². The van der Waals surface area contributed by atoms with E-state index >= 15 is 0 Å². The number of hydrogen-bond donors (Lipinski definition) is 2. The Kier molecular flexibility index (Phi) is 5.48. The van der Waals surface area contributed by atoms with Gasteiger partial charge in [0, 0.05) is 5.69 Å². The van der Waals surface area contributed by atoms with Crippen LogP contribution in [0.25, 0.3) is 0 Å². The van der Waals surface area contributed by atoms with Gasteiger partial charge in [0.1, 0.15) is 17.9 Å². The lowest BCUT2D eigenvalue weighted by Gasteiger charge is -2.25. The van der Waals surface area contributed by atoms with E-state index in [1.54, 1.807) is 7.11 Å². The number of rotatable bonds is 6. The fourth-order valence-corrected chi connectivity index (χ4v) is 2.32. The summed E-state index contributed by atoms with van der Waals surface area (Å²) in [4.78, 5) is 12.4. The van der Waals surface area contributed by atoms with Crippen LogP contribution in [0.15, 0.2) is 24.3 Å². The minimum atomic E-state index is -0.711. The van der Waals surface area contributed by atoms with Gasteiger partial charge in [-0.1, -0.05) is 5.92 Å². The molecule has 6 nitrogen and oxygen atoms in total. The third-order valence-corrected chi connectivity index (χ3v) is 3.46. The van der Waals surface area contributed by atoms with Crippen LogP contribution in [0.2, 0.25) is 0 Å². The van der Waals surface area contributed by atoms with E-state index in [1.165, 1.54) is 0 Å². The molecule has 1 aromatic rings. The van der Waals surface area contributed by atoms with Crippen molar-refractivity contribution in [3.05, 3.63) is 24.3 Å². The molecular formula is C17H22N2O4. The zero-order valence-electron chi connectivity index (χ0n) is 13.6. The van der Waals surface area contributed by atoms with Gasteiger partial charge in [0.05, 0.1) is 20.3 Å². The van der Waals surface area contributed by atoms with Crippen LogP contribution in [0.3, 0.4) is 0 Å². The number of terminal acetylenes is 1. The summed E-state index contributed by atoms with van der Waals surface area (Å²) in [5.74, 6) is 2.19. The van der Waals surface area contributed by atoms with E-state index in [9.17, 15) is 4.79 Å². The van der Waals surface area contributed by atoms with E-state index in [4.69, 9.17) is 20.6 Å². The first-order valence-corrected chi connectivity index (χ1v) is 7.39. The Hall–Kier alpha value is -2.23. The average Bonchev–Trinajstić information content (AvgIpc) is 2.90. The zero-order chi connectivity index (χ0) is 16.9. The molecule has 1 fully saturated rings. The van der Waals surface area contributed by atoms with Crippen molar-refractivity contribution in [2.45, 2.75) is 31.8 Å². The molecule has 6 heteroatoms. The molecular weight excluding hydrogens is 296 g/mol. The molecule has 1 heterocycles. The molecule has 1 unspecified atom stereocenters. The molecule has 124 valence electrons. The van der Waals surface area contributed by atoms with Crippen LogP contribution in [0.1, 0.15) is 13.8 Å². The van der Waals surface area contributed by atoms with Gasteiger partial charge in [0.15, 0.2) is 5.79 Å².